The van der Waals surface area contributed by atoms with Crippen LogP contribution in [0.5, 0.6) is 0 Å². The number of aliphatic hydroxyl groups excluding tert-OH is 1. The monoisotopic (exact) mass is 554 g/mol. The maximum Gasteiger partial charge on any atom is 0.319 e. The Labute approximate surface area is 241 Å². The number of nitrogens with one attached hydrogen (secondary N) is 2. The quantitative estimate of drug-likeness (QED) is 0.504. The van der Waals surface area contributed by atoms with E-state index in [-0.39, 0.29) is 11.9 Å². The minimum absolute atomic E-state index is 0.0327. The third-order valence-corrected chi connectivity index (χ3v) is 7.61. The number of nitrogens with zero attached hydrogens (tertiary/aromatic N) is 2. The van der Waals surface area contributed by atoms with Crippen LogP contribution in [-0.2, 0) is 22.4 Å². The molecule has 0 radical (unpaired) electrons. The number of carbonyl (C=O) groups excluding carboxylic acids is 3. The smallest absolute Gasteiger partial charge is 0.319 e. The lowest BCUT2D eigenvalue weighted by molar-refractivity contribution is -0.113. The lowest BCUT2D eigenvalue weighted by atomic mass is 9.87. The molecule has 222 valence electrons. The molecule has 3 aliphatic rings. The van der Waals surface area contributed by atoms with E-state index in [1.54, 1.807) is 19.0 Å². The summed E-state index contributed by atoms with van der Waals surface area (Å²) in [4.78, 5) is 35.9. The maximum atomic E-state index is 12.7. The van der Waals surface area contributed by atoms with E-state index in [0.717, 1.165) is 56.3 Å². The Balaban J connectivity index is 0.000000385. The van der Waals surface area contributed by atoms with Crippen molar-refractivity contribution in [3.8, 4) is 0 Å². The van der Waals surface area contributed by atoms with E-state index >= 15 is 0 Å². The van der Waals surface area contributed by atoms with Gasteiger partial charge in [-0.3, -0.25) is 4.79 Å². The molecule has 1 unspecified atom stereocenters. The highest BCUT2D eigenvalue weighted by molar-refractivity contribution is 6.05. The van der Waals surface area contributed by atoms with Crippen LogP contribution >= 0.6 is 0 Å². The normalized spacial score (nSPS) is 19.4. The van der Waals surface area contributed by atoms with Crippen molar-refractivity contribution in [1.29, 1.82) is 0 Å². The SMILES string of the molecule is C=O.CC1=C(C(=O)Nc2ccc(C)c3c2CCCC3)CC=CC=C1.CNC1CCN(C(=O)N(C)C)C[C@@H]1C.CO. The van der Waals surface area contributed by atoms with E-state index in [2.05, 4.69) is 36.6 Å². The number of likely N-dealkylation sites (tertiary alicyclic amines) is 1. The first-order valence-corrected chi connectivity index (χ1v) is 14.1. The summed E-state index contributed by atoms with van der Waals surface area (Å²) in [6, 6.07) is 4.89. The van der Waals surface area contributed by atoms with Crippen LogP contribution in [0.15, 0.2) is 47.6 Å². The topological polar surface area (TPSA) is 102 Å². The number of anilines is 1. The summed E-state index contributed by atoms with van der Waals surface area (Å²) in [7, 11) is 6.60. The first-order chi connectivity index (χ1) is 19.2. The molecule has 1 heterocycles. The van der Waals surface area contributed by atoms with Crippen molar-refractivity contribution in [3.63, 3.8) is 0 Å². The Hall–Kier alpha value is -3.23. The van der Waals surface area contributed by atoms with E-state index in [9.17, 15) is 9.59 Å². The number of fused-ring (bicyclic) bond motifs is 1. The summed E-state index contributed by atoms with van der Waals surface area (Å²) in [6.45, 7) is 10.1. The number of piperidine rings is 1. The fourth-order valence-electron chi connectivity index (χ4n) is 5.39. The highest BCUT2D eigenvalue weighted by atomic mass is 16.2. The Morgan fingerprint density at radius 3 is 2.30 bits per heavy atom. The van der Waals surface area contributed by atoms with Gasteiger partial charge in [0.1, 0.15) is 6.79 Å². The molecular formula is C32H50N4O4. The van der Waals surface area contributed by atoms with Crippen molar-refractivity contribution in [2.45, 2.75) is 65.3 Å². The summed E-state index contributed by atoms with van der Waals surface area (Å²) in [5.41, 5.74) is 7.04. The summed E-state index contributed by atoms with van der Waals surface area (Å²) >= 11 is 0. The molecule has 8 nitrogen and oxygen atoms in total. The van der Waals surface area contributed by atoms with Crippen LogP contribution in [0, 0.1) is 12.8 Å². The number of aliphatic hydroxyl groups is 1. The molecule has 3 amide bonds. The van der Waals surface area contributed by atoms with Gasteiger partial charge < -0.3 is 30.3 Å². The zero-order valence-electron chi connectivity index (χ0n) is 25.5. The molecule has 2 atom stereocenters. The highest BCUT2D eigenvalue weighted by Crippen LogP contribution is 2.31. The van der Waals surface area contributed by atoms with Gasteiger partial charge in [-0.1, -0.05) is 37.3 Å². The number of hydrogen-bond donors (Lipinski definition) is 3. The highest BCUT2D eigenvalue weighted by Gasteiger charge is 2.28. The number of allylic oxidation sites excluding steroid dienone is 5. The molecule has 4 rings (SSSR count). The van der Waals surface area contributed by atoms with Gasteiger partial charge in [-0.15, -0.1) is 0 Å². The van der Waals surface area contributed by atoms with Crippen LogP contribution in [-0.4, -0.2) is 81.0 Å². The van der Waals surface area contributed by atoms with Gasteiger partial charge in [-0.05, 0) is 93.7 Å². The Bertz CT molecular complexity index is 1060. The first kappa shape index (κ1) is 34.8. The van der Waals surface area contributed by atoms with E-state index in [1.165, 1.54) is 29.5 Å². The average Bonchev–Trinajstić information content (AvgIpc) is 3.20. The number of carbonyl (C=O) groups is 3. The van der Waals surface area contributed by atoms with Gasteiger partial charge in [0.05, 0.1) is 0 Å². The third kappa shape index (κ3) is 9.75. The zero-order chi connectivity index (χ0) is 30.2. The molecule has 1 fully saturated rings. The van der Waals surface area contributed by atoms with Crippen LogP contribution < -0.4 is 10.6 Å². The van der Waals surface area contributed by atoms with Gasteiger partial charge in [-0.2, -0.15) is 0 Å². The molecule has 1 aromatic rings. The number of benzene rings is 1. The molecule has 2 aliphatic carbocycles. The second kappa shape index (κ2) is 18.2. The van der Waals surface area contributed by atoms with Crippen LogP contribution in [0.25, 0.3) is 0 Å². The van der Waals surface area contributed by atoms with Gasteiger partial charge in [0.25, 0.3) is 5.91 Å². The van der Waals surface area contributed by atoms with Gasteiger partial charge in [-0.25, -0.2) is 4.79 Å². The largest absolute Gasteiger partial charge is 0.400 e. The minimum Gasteiger partial charge on any atom is -0.400 e. The van der Waals surface area contributed by atoms with E-state index in [4.69, 9.17) is 9.90 Å². The lowest BCUT2D eigenvalue weighted by Gasteiger charge is -2.37. The molecule has 8 heteroatoms. The van der Waals surface area contributed by atoms with Crippen molar-refractivity contribution in [2.75, 3.05) is 46.7 Å². The number of amides is 3. The molecule has 0 bridgehead atoms. The Morgan fingerprint density at radius 2 is 1.70 bits per heavy atom. The third-order valence-electron chi connectivity index (χ3n) is 7.61. The molecule has 1 saturated heterocycles. The molecular weight excluding hydrogens is 504 g/mol. The van der Waals surface area contributed by atoms with E-state index in [0.29, 0.717) is 18.4 Å². The fraction of sp³-hybridized carbons (Fsp3) is 0.531. The van der Waals surface area contributed by atoms with E-state index < -0.39 is 0 Å². The minimum atomic E-state index is 0.0327. The zero-order valence-corrected chi connectivity index (χ0v) is 25.5. The predicted molar refractivity (Wildman–Crippen MR) is 165 cm³/mol. The second-order valence-corrected chi connectivity index (χ2v) is 10.5. The maximum absolute atomic E-state index is 12.7. The first-order valence-electron chi connectivity index (χ1n) is 14.1. The van der Waals surface area contributed by atoms with Gasteiger partial charge in [0.2, 0.25) is 0 Å². The van der Waals surface area contributed by atoms with Crippen molar-refractivity contribution in [3.05, 3.63) is 64.3 Å². The van der Waals surface area contributed by atoms with Crippen LogP contribution in [0.1, 0.15) is 56.2 Å². The number of hydrogen-bond acceptors (Lipinski definition) is 5. The van der Waals surface area contributed by atoms with Crippen LogP contribution in [0.4, 0.5) is 10.5 Å². The molecule has 3 N–H and O–H groups in total. The van der Waals surface area contributed by atoms with Gasteiger partial charge in [0.15, 0.2) is 0 Å². The van der Waals surface area contributed by atoms with Crippen molar-refractivity contribution < 1.29 is 19.5 Å². The van der Waals surface area contributed by atoms with E-state index in [1.807, 2.05) is 50.0 Å². The molecule has 40 heavy (non-hydrogen) atoms. The van der Waals surface area contributed by atoms with Crippen molar-refractivity contribution in [2.24, 2.45) is 5.92 Å². The molecule has 0 saturated carbocycles. The van der Waals surface area contributed by atoms with Crippen LogP contribution in [0.3, 0.4) is 0 Å². The molecule has 1 aromatic carbocycles. The van der Waals surface area contributed by atoms with Gasteiger partial charge in [0, 0.05) is 51.6 Å². The predicted octanol–water partition coefficient (Wildman–Crippen LogP) is 4.67. The van der Waals surface area contributed by atoms with Crippen molar-refractivity contribution >= 4 is 24.4 Å². The number of aryl methyl sites for hydroxylation is 1. The average molecular weight is 555 g/mol. The van der Waals surface area contributed by atoms with Gasteiger partial charge >= 0.3 is 6.03 Å². The molecule has 1 aliphatic heterocycles. The molecule has 0 aromatic heterocycles. The Morgan fingerprint density at radius 1 is 1.05 bits per heavy atom. The fourth-order valence-corrected chi connectivity index (χ4v) is 5.39. The summed E-state index contributed by atoms with van der Waals surface area (Å²) in [5, 5.41) is 13.5. The standard InChI is InChI=1S/C20H23NO.C10H21N3O.CH4O.CH2O/c1-14-8-4-3-5-10-17(14)20(22)21-19-13-12-15(2)16-9-6-7-11-18(16)19;1-8-7-13(10(14)12(3)4)6-5-9(8)11-2;2*1-2/h3-5,8,12-13H,6-7,9-11H2,1-2H3,(H,21,22);8-9,11H,5-7H2,1-4H3;2H,1H3;1H2/t;8-,9?;;/m.0../s1. The Kier molecular flexibility index (Phi) is 15.8. The molecule has 0 spiro atoms. The lowest BCUT2D eigenvalue weighted by Crippen LogP contribution is -2.51. The summed E-state index contributed by atoms with van der Waals surface area (Å²) < 4.78 is 0. The second-order valence-electron chi connectivity index (χ2n) is 10.5. The number of rotatable bonds is 3. The van der Waals surface area contributed by atoms with Crippen molar-refractivity contribution in [1.82, 2.24) is 15.1 Å². The van der Waals surface area contributed by atoms with Crippen LogP contribution in [0.2, 0.25) is 0 Å². The summed E-state index contributed by atoms with van der Waals surface area (Å²) in [5.74, 6) is 0.572. The number of urea groups is 1. The summed E-state index contributed by atoms with van der Waals surface area (Å²) in [6.07, 6.45) is 14.5.